The van der Waals surface area contributed by atoms with Crippen molar-refractivity contribution in [3.05, 3.63) is 16.4 Å². The van der Waals surface area contributed by atoms with Crippen molar-refractivity contribution in [2.75, 3.05) is 6.61 Å². The molecule has 0 atom stereocenters. The molecule has 2 aromatic rings. The van der Waals surface area contributed by atoms with Crippen molar-refractivity contribution in [1.29, 1.82) is 0 Å². The van der Waals surface area contributed by atoms with E-state index in [4.69, 9.17) is 4.74 Å². The molecule has 0 radical (unpaired) electrons. The zero-order chi connectivity index (χ0) is 13.2. The standard InChI is InChI=1S/C11H17IN4OSi/c1-18(2,3)5-4-17-8-16-7-15-9-10(12)13-6-14-11(9)16/h6-7H,4-5,8H2,1-3H3. The lowest BCUT2D eigenvalue weighted by atomic mass is 10.6. The summed E-state index contributed by atoms with van der Waals surface area (Å²) >= 11 is 2.16. The van der Waals surface area contributed by atoms with Crippen molar-refractivity contribution in [1.82, 2.24) is 19.5 Å². The van der Waals surface area contributed by atoms with Gasteiger partial charge in [0, 0.05) is 14.7 Å². The van der Waals surface area contributed by atoms with Gasteiger partial charge in [0.05, 0.1) is 6.33 Å². The number of ether oxygens (including phenoxy) is 1. The summed E-state index contributed by atoms with van der Waals surface area (Å²) < 4.78 is 8.49. The van der Waals surface area contributed by atoms with Gasteiger partial charge in [-0.15, -0.1) is 0 Å². The predicted molar refractivity (Wildman–Crippen MR) is 82.1 cm³/mol. The Hall–Kier alpha value is -0.543. The summed E-state index contributed by atoms with van der Waals surface area (Å²) in [6, 6.07) is 1.17. The van der Waals surface area contributed by atoms with Gasteiger partial charge in [0.25, 0.3) is 0 Å². The van der Waals surface area contributed by atoms with Gasteiger partial charge >= 0.3 is 0 Å². The van der Waals surface area contributed by atoms with Gasteiger partial charge in [-0.3, -0.25) is 4.57 Å². The van der Waals surface area contributed by atoms with E-state index in [1.807, 2.05) is 4.57 Å². The lowest BCUT2D eigenvalue weighted by Gasteiger charge is -2.15. The van der Waals surface area contributed by atoms with Crippen molar-refractivity contribution in [2.24, 2.45) is 0 Å². The van der Waals surface area contributed by atoms with E-state index in [9.17, 15) is 0 Å². The summed E-state index contributed by atoms with van der Waals surface area (Å²) in [6.45, 7) is 8.35. The molecule has 0 unspecified atom stereocenters. The lowest BCUT2D eigenvalue weighted by molar-refractivity contribution is 0.0895. The first-order chi connectivity index (χ1) is 8.47. The molecule has 2 aromatic heterocycles. The molecule has 0 bridgehead atoms. The molecule has 0 aliphatic carbocycles. The topological polar surface area (TPSA) is 52.8 Å². The molecular formula is C11H17IN4OSi. The second-order valence-electron chi connectivity index (χ2n) is 5.40. The van der Waals surface area contributed by atoms with Gasteiger partial charge in [0.15, 0.2) is 5.65 Å². The zero-order valence-electron chi connectivity index (χ0n) is 10.9. The normalized spacial score (nSPS) is 12.2. The fourth-order valence-corrected chi connectivity index (χ4v) is 2.75. The fourth-order valence-electron chi connectivity index (χ4n) is 1.49. The average Bonchev–Trinajstić information content (AvgIpc) is 2.68. The first kappa shape index (κ1) is 13.9. The summed E-state index contributed by atoms with van der Waals surface area (Å²) in [5, 5.41) is 0. The lowest BCUT2D eigenvalue weighted by Crippen LogP contribution is -2.22. The van der Waals surface area contributed by atoms with Crippen molar-refractivity contribution in [3.8, 4) is 0 Å². The summed E-state index contributed by atoms with van der Waals surface area (Å²) in [7, 11) is -1.02. The fraction of sp³-hybridized carbons (Fsp3) is 0.545. The highest BCUT2D eigenvalue weighted by atomic mass is 127. The molecule has 98 valence electrons. The summed E-state index contributed by atoms with van der Waals surface area (Å²) in [5.41, 5.74) is 1.68. The number of rotatable bonds is 5. The molecule has 0 amide bonds. The molecule has 0 aliphatic heterocycles. The number of aromatic nitrogens is 4. The van der Waals surface area contributed by atoms with E-state index in [0.29, 0.717) is 6.73 Å². The third-order valence-electron chi connectivity index (χ3n) is 2.58. The van der Waals surface area contributed by atoms with Crippen molar-refractivity contribution in [3.63, 3.8) is 0 Å². The van der Waals surface area contributed by atoms with E-state index < -0.39 is 8.07 Å². The van der Waals surface area contributed by atoms with Crippen LogP contribution in [0.3, 0.4) is 0 Å². The van der Waals surface area contributed by atoms with Crippen molar-refractivity contribution in [2.45, 2.75) is 32.4 Å². The largest absolute Gasteiger partial charge is 0.361 e. The third kappa shape index (κ3) is 3.48. The van der Waals surface area contributed by atoms with Crippen LogP contribution in [0.25, 0.3) is 11.2 Å². The minimum absolute atomic E-state index is 0.508. The monoisotopic (exact) mass is 376 g/mol. The third-order valence-corrected chi connectivity index (χ3v) is 5.08. The van der Waals surface area contributed by atoms with Crippen LogP contribution < -0.4 is 0 Å². The Bertz CT molecular complexity index is 537. The van der Waals surface area contributed by atoms with Crippen LogP contribution >= 0.6 is 22.6 Å². The Morgan fingerprint density at radius 3 is 2.78 bits per heavy atom. The van der Waals surface area contributed by atoms with Crippen molar-refractivity contribution >= 4 is 41.8 Å². The smallest absolute Gasteiger partial charge is 0.166 e. The SMILES string of the molecule is C[Si](C)(C)CCOCn1cnc2c(I)ncnc21. The van der Waals surface area contributed by atoms with Gasteiger partial charge in [0.2, 0.25) is 0 Å². The Balaban J connectivity index is 1.98. The van der Waals surface area contributed by atoms with Crippen LogP contribution in [0.4, 0.5) is 0 Å². The number of halogens is 1. The first-order valence-electron chi connectivity index (χ1n) is 5.86. The Morgan fingerprint density at radius 1 is 1.28 bits per heavy atom. The quantitative estimate of drug-likeness (QED) is 0.349. The molecule has 0 aromatic carbocycles. The zero-order valence-corrected chi connectivity index (χ0v) is 14.0. The molecule has 0 saturated carbocycles. The van der Waals surface area contributed by atoms with Crippen molar-refractivity contribution < 1.29 is 4.74 Å². The molecule has 0 spiro atoms. The van der Waals surface area contributed by atoms with Crippen LogP contribution in [0.15, 0.2) is 12.7 Å². The number of imidazole rings is 1. The molecule has 2 heterocycles. The number of nitrogens with zero attached hydrogens (tertiary/aromatic N) is 4. The van der Waals surface area contributed by atoms with E-state index >= 15 is 0 Å². The van der Waals surface area contributed by atoms with E-state index in [2.05, 4.69) is 57.2 Å². The highest BCUT2D eigenvalue weighted by molar-refractivity contribution is 14.1. The minimum Gasteiger partial charge on any atom is -0.361 e. The van der Waals surface area contributed by atoms with Crippen LogP contribution in [-0.2, 0) is 11.5 Å². The predicted octanol–water partition coefficient (Wildman–Crippen LogP) is 2.74. The molecule has 2 rings (SSSR count). The van der Waals surface area contributed by atoms with Gasteiger partial charge in [-0.1, -0.05) is 19.6 Å². The molecule has 0 saturated heterocycles. The van der Waals surface area contributed by atoms with Crippen LogP contribution in [0, 0.1) is 3.70 Å². The maximum Gasteiger partial charge on any atom is 0.166 e. The minimum atomic E-state index is -1.02. The second kappa shape index (κ2) is 5.62. The Kier molecular flexibility index (Phi) is 4.33. The van der Waals surface area contributed by atoms with Gasteiger partial charge in [0.1, 0.15) is 22.3 Å². The maximum absolute atomic E-state index is 5.70. The van der Waals surface area contributed by atoms with Gasteiger partial charge in [-0.2, -0.15) is 0 Å². The summed E-state index contributed by atoms with van der Waals surface area (Å²) in [5.74, 6) is 0. The van der Waals surface area contributed by atoms with E-state index in [-0.39, 0.29) is 0 Å². The molecule has 0 N–H and O–H groups in total. The molecule has 0 aliphatic rings. The molecule has 18 heavy (non-hydrogen) atoms. The summed E-state index contributed by atoms with van der Waals surface area (Å²) in [4.78, 5) is 12.7. The Labute approximate surface area is 121 Å². The van der Waals surface area contributed by atoms with Gasteiger partial charge in [-0.25, -0.2) is 15.0 Å². The first-order valence-corrected chi connectivity index (χ1v) is 10.6. The van der Waals surface area contributed by atoms with Gasteiger partial charge in [-0.05, 0) is 28.6 Å². The molecular weight excluding hydrogens is 359 g/mol. The van der Waals surface area contributed by atoms with E-state index in [1.165, 1.54) is 6.04 Å². The average molecular weight is 376 g/mol. The van der Waals surface area contributed by atoms with Crippen LogP contribution in [0.2, 0.25) is 25.7 Å². The maximum atomic E-state index is 5.70. The molecule has 0 fully saturated rings. The highest BCUT2D eigenvalue weighted by Gasteiger charge is 2.12. The van der Waals surface area contributed by atoms with E-state index in [0.717, 1.165) is 21.5 Å². The number of hydrogen-bond acceptors (Lipinski definition) is 4. The summed E-state index contributed by atoms with van der Waals surface area (Å²) in [6.07, 6.45) is 3.32. The van der Waals surface area contributed by atoms with Gasteiger partial charge < -0.3 is 4.74 Å². The number of fused-ring (bicyclic) bond motifs is 1. The highest BCUT2D eigenvalue weighted by Crippen LogP contribution is 2.14. The Morgan fingerprint density at radius 2 is 2.06 bits per heavy atom. The van der Waals surface area contributed by atoms with Crippen LogP contribution in [-0.4, -0.2) is 34.2 Å². The van der Waals surface area contributed by atoms with Crippen LogP contribution in [0.1, 0.15) is 0 Å². The van der Waals surface area contributed by atoms with Crippen LogP contribution in [0.5, 0.6) is 0 Å². The number of hydrogen-bond donors (Lipinski definition) is 0. The molecule has 7 heteroatoms. The second-order valence-corrected chi connectivity index (χ2v) is 12.0. The molecule has 5 nitrogen and oxygen atoms in total. The van der Waals surface area contributed by atoms with E-state index in [1.54, 1.807) is 12.7 Å².